The van der Waals surface area contributed by atoms with Gasteiger partial charge in [0.25, 0.3) is 5.91 Å². The van der Waals surface area contributed by atoms with Crippen LogP contribution in [0.4, 0.5) is 0 Å². The van der Waals surface area contributed by atoms with E-state index in [4.69, 9.17) is 5.11 Å². The average Bonchev–Trinajstić information content (AvgIpc) is 2.24. The molecule has 2 N–H and O–H groups in total. The molecular weight excluding hydrogens is 222 g/mol. The molecule has 1 rings (SSSR count). The second kappa shape index (κ2) is 5.38. The number of rotatable bonds is 4. The summed E-state index contributed by atoms with van der Waals surface area (Å²) in [6.07, 6.45) is 1.73. The van der Waals surface area contributed by atoms with Gasteiger partial charge in [-0.1, -0.05) is 6.92 Å². The fourth-order valence-electron chi connectivity index (χ4n) is 1.38. The molecule has 1 aromatic heterocycles. The second-order valence-corrected chi connectivity index (χ2v) is 3.69. The first-order valence-electron chi connectivity index (χ1n) is 5.29. The van der Waals surface area contributed by atoms with Gasteiger partial charge in [0.2, 0.25) is 0 Å². The summed E-state index contributed by atoms with van der Waals surface area (Å²) in [4.78, 5) is 30.6. The van der Waals surface area contributed by atoms with E-state index in [0.717, 1.165) is 0 Å². The van der Waals surface area contributed by atoms with E-state index in [1.807, 2.05) is 0 Å². The molecule has 1 atom stereocenters. The maximum atomic E-state index is 11.8. The first kappa shape index (κ1) is 13.1. The lowest BCUT2D eigenvalue weighted by molar-refractivity contribution is -0.139. The van der Waals surface area contributed by atoms with Gasteiger partial charge in [0.1, 0.15) is 11.9 Å². The molecule has 0 aromatic carbocycles. The van der Waals surface area contributed by atoms with Crippen LogP contribution in [0.5, 0.6) is 0 Å². The van der Waals surface area contributed by atoms with E-state index in [1.54, 1.807) is 20.8 Å². The number of nitrogens with one attached hydrogen (secondary N) is 1. The second-order valence-electron chi connectivity index (χ2n) is 3.69. The van der Waals surface area contributed by atoms with Gasteiger partial charge in [0, 0.05) is 6.20 Å². The molecule has 92 valence electrons. The summed E-state index contributed by atoms with van der Waals surface area (Å²) in [6.45, 7) is 5.10. The Labute approximate surface area is 99.1 Å². The number of hydrogen-bond acceptors (Lipinski definition) is 4. The predicted molar refractivity (Wildman–Crippen MR) is 60.7 cm³/mol. The molecule has 1 aromatic rings. The van der Waals surface area contributed by atoms with Crippen LogP contribution in [-0.4, -0.2) is 33.0 Å². The summed E-state index contributed by atoms with van der Waals surface area (Å²) < 4.78 is 0. The summed E-state index contributed by atoms with van der Waals surface area (Å²) in [5, 5.41) is 11.3. The third-order valence-corrected chi connectivity index (χ3v) is 2.36. The molecule has 6 heteroatoms. The van der Waals surface area contributed by atoms with Gasteiger partial charge < -0.3 is 10.4 Å². The zero-order valence-electron chi connectivity index (χ0n) is 10.0. The highest BCUT2D eigenvalue weighted by atomic mass is 16.4. The smallest absolute Gasteiger partial charge is 0.326 e. The van der Waals surface area contributed by atoms with Gasteiger partial charge in [-0.05, 0) is 20.3 Å². The maximum Gasteiger partial charge on any atom is 0.326 e. The summed E-state index contributed by atoms with van der Waals surface area (Å²) >= 11 is 0. The Morgan fingerprint density at radius 2 is 2.12 bits per heavy atom. The van der Waals surface area contributed by atoms with Crippen LogP contribution >= 0.6 is 0 Å². The molecule has 0 aliphatic heterocycles. The van der Waals surface area contributed by atoms with Crippen LogP contribution in [-0.2, 0) is 4.79 Å². The Kier molecular flexibility index (Phi) is 4.14. The molecule has 1 amide bonds. The fourth-order valence-corrected chi connectivity index (χ4v) is 1.38. The summed E-state index contributed by atoms with van der Waals surface area (Å²) in [5.74, 6) is -0.937. The normalized spacial score (nSPS) is 11.9. The number of carbonyl (C=O) groups is 2. The largest absolute Gasteiger partial charge is 0.480 e. The summed E-state index contributed by atoms with van der Waals surface area (Å²) in [6, 6.07) is -0.886. The van der Waals surface area contributed by atoms with Gasteiger partial charge >= 0.3 is 5.97 Å². The van der Waals surface area contributed by atoms with Gasteiger partial charge in [0.15, 0.2) is 0 Å². The van der Waals surface area contributed by atoms with E-state index in [-0.39, 0.29) is 0 Å². The molecule has 0 fully saturated rings. The minimum absolute atomic E-state index is 0.301. The van der Waals surface area contributed by atoms with Crippen molar-refractivity contribution in [3.63, 3.8) is 0 Å². The highest BCUT2D eigenvalue weighted by molar-refractivity contribution is 5.97. The van der Waals surface area contributed by atoms with Crippen molar-refractivity contribution in [3.8, 4) is 0 Å². The number of aliphatic carboxylic acids is 1. The van der Waals surface area contributed by atoms with Crippen LogP contribution < -0.4 is 5.32 Å². The van der Waals surface area contributed by atoms with Crippen molar-refractivity contribution < 1.29 is 14.7 Å². The number of carboxylic acid groups (broad SMARTS) is 1. The quantitative estimate of drug-likeness (QED) is 0.803. The molecule has 0 radical (unpaired) electrons. The van der Waals surface area contributed by atoms with Gasteiger partial charge in [0.05, 0.1) is 11.3 Å². The number of hydrogen-bond donors (Lipinski definition) is 2. The molecule has 0 spiro atoms. The minimum atomic E-state index is -1.05. The zero-order valence-corrected chi connectivity index (χ0v) is 10.0. The van der Waals surface area contributed by atoms with Crippen molar-refractivity contribution in [1.29, 1.82) is 0 Å². The topological polar surface area (TPSA) is 92.2 Å². The first-order chi connectivity index (χ1) is 7.95. The Hall–Kier alpha value is -1.98. The third kappa shape index (κ3) is 3.24. The molecule has 0 saturated heterocycles. The molecule has 0 saturated carbocycles. The Morgan fingerprint density at radius 3 is 2.59 bits per heavy atom. The van der Waals surface area contributed by atoms with Gasteiger partial charge in [-0.15, -0.1) is 0 Å². The van der Waals surface area contributed by atoms with E-state index in [0.29, 0.717) is 23.5 Å². The van der Waals surface area contributed by atoms with Crippen molar-refractivity contribution in [1.82, 2.24) is 15.3 Å². The zero-order chi connectivity index (χ0) is 13.0. The van der Waals surface area contributed by atoms with Crippen LogP contribution in [0.2, 0.25) is 0 Å². The van der Waals surface area contributed by atoms with Crippen LogP contribution in [0.1, 0.15) is 35.2 Å². The monoisotopic (exact) mass is 237 g/mol. The van der Waals surface area contributed by atoms with Crippen LogP contribution in [0, 0.1) is 13.8 Å². The van der Waals surface area contributed by atoms with Gasteiger partial charge in [-0.25, -0.2) is 14.8 Å². The molecule has 1 unspecified atom stereocenters. The molecule has 6 nitrogen and oxygen atoms in total. The van der Waals surface area contributed by atoms with E-state index in [2.05, 4.69) is 15.3 Å². The lowest BCUT2D eigenvalue weighted by Gasteiger charge is -2.12. The first-order valence-corrected chi connectivity index (χ1v) is 5.29. The minimum Gasteiger partial charge on any atom is -0.480 e. The average molecular weight is 237 g/mol. The third-order valence-electron chi connectivity index (χ3n) is 2.36. The fraction of sp³-hybridized carbons (Fsp3) is 0.455. The van der Waals surface area contributed by atoms with E-state index in [1.165, 1.54) is 6.20 Å². The van der Waals surface area contributed by atoms with Crippen LogP contribution in [0.3, 0.4) is 0 Å². The molecule has 0 aliphatic carbocycles. The standard InChI is InChI=1S/C11H15N3O3/c1-4-9(11(16)17)14-10(15)8-5-12-7(3)13-6(8)2/h5,9H,4H2,1-3H3,(H,14,15)(H,16,17). The number of carbonyl (C=O) groups excluding carboxylic acids is 1. The van der Waals surface area contributed by atoms with E-state index < -0.39 is 17.9 Å². The molecule has 0 aliphatic rings. The highest BCUT2D eigenvalue weighted by Gasteiger charge is 2.20. The highest BCUT2D eigenvalue weighted by Crippen LogP contribution is 2.04. The van der Waals surface area contributed by atoms with Crippen molar-refractivity contribution in [2.45, 2.75) is 33.2 Å². The van der Waals surface area contributed by atoms with Gasteiger partial charge in [-0.3, -0.25) is 4.79 Å². The Morgan fingerprint density at radius 1 is 1.47 bits per heavy atom. The van der Waals surface area contributed by atoms with Crippen molar-refractivity contribution in [2.75, 3.05) is 0 Å². The lowest BCUT2D eigenvalue weighted by Crippen LogP contribution is -2.40. The Bertz CT molecular complexity index is 446. The number of aromatic nitrogens is 2. The van der Waals surface area contributed by atoms with Crippen molar-refractivity contribution in [2.24, 2.45) is 0 Å². The SMILES string of the molecule is CCC(NC(=O)c1cnc(C)nc1C)C(=O)O. The molecule has 1 heterocycles. The molecular formula is C11H15N3O3. The summed E-state index contributed by atoms with van der Waals surface area (Å²) in [7, 11) is 0. The lowest BCUT2D eigenvalue weighted by atomic mass is 10.2. The van der Waals surface area contributed by atoms with E-state index >= 15 is 0 Å². The van der Waals surface area contributed by atoms with E-state index in [9.17, 15) is 9.59 Å². The number of aryl methyl sites for hydroxylation is 2. The van der Waals surface area contributed by atoms with Crippen molar-refractivity contribution in [3.05, 3.63) is 23.3 Å². The van der Waals surface area contributed by atoms with Gasteiger partial charge in [-0.2, -0.15) is 0 Å². The number of amides is 1. The van der Waals surface area contributed by atoms with Crippen LogP contribution in [0.15, 0.2) is 6.20 Å². The van der Waals surface area contributed by atoms with Crippen LogP contribution in [0.25, 0.3) is 0 Å². The molecule has 17 heavy (non-hydrogen) atoms. The number of carboxylic acids is 1. The van der Waals surface area contributed by atoms with Crippen molar-refractivity contribution >= 4 is 11.9 Å². The Balaban J connectivity index is 2.86. The maximum absolute atomic E-state index is 11.8. The summed E-state index contributed by atoms with van der Waals surface area (Å²) in [5.41, 5.74) is 0.838. The number of nitrogens with zero attached hydrogens (tertiary/aromatic N) is 2. The predicted octanol–water partition coefficient (Wildman–Crippen LogP) is 0.686. The molecule has 0 bridgehead atoms.